The predicted molar refractivity (Wildman–Crippen MR) is 99.4 cm³/mol. The number of hydrogen-bond acceptors (Lipinski definition) is 4. The SMILES string of the molecule is Cc1ccc(C=Nn2cnc3sc4c(c3c2=O)CCCC4)c(C)c1. The van der Waals surface area contributed by atoms with Crippen LogP contribution in [-0.4, -0.2) is 15.9 Å². The normalized spacial score (nSPS) is 14.4. The van der Waals surface area contributed by atoms with Crippen molar-refractivity contribution in [3.63, 3.8) is 0 Å². The Hall–Kier alpha value is -2.27. The van der Waals surface area contributed by atoms with Crippen molar-refractivity contribution in [2.24, 2.45) is 5.10 Å². The number of fused-ring (bicyclic) bond motifs is 3. The van der Waals surface area contributed by atoms with Gasteiger partial charge >= 0.3 is 0 Å². The highest BCUT2D eigenvalue weighted by Gasteiger charge is 2.19. The van der Waals surface area contributed by atoms with Crippen LogP contribution in [0.25, 0.3) is 10.2 Å². The van der Waals surface area contributed by atoms with Crippen LogP contribution in [0.2, 0.25) is 0 Å². The van der Waals surface area contributed by atoms with Gasteiger partial charge < -0.3 is 0 Å². The lowest BCUT2D eigenvalue weighted by molar-refractivity contribution is 0.699. The van der Waals surface area contributed by atoms with Crippen LogP contribution in [0.4, 0.5) is 0 Å². The summed E-state index contributed by atoms with van der Waals surface area (Å²) in [6, 6.07) is 6.19. The van der Waals surface area contributed by atoms with Gasteiger partial charge in [0.05, 0.1) is 11.6 Å². The first kappa shape index (κ1) is 15.3. The molecule has 0 spiro atoms. The average molecular weight is 337 g/mol. The molecule has 0 aliphatic heterocycles. The van der Waals surface area contributed by atoms with E-state index in [2.05, 4.69) is 23.1 Å². The maximum absolute atomic E-state index is 12.8. The third-order valence-corrected chi connectivity index (χ3v) is 5.81. The van der Waals surface area contributed by atoms with Gasteiger partial charge in [-0.25, -0.2) is 4.98 Å². The number of nitrogens with zero attached hydrogens (tertiary/aromatic N) is 3. The molecule has 24 heavy (non-hydrogen) atoms. The van der Waals surface area contributed by atoms with Crippen molar-refractivity contribution in [2.75, 3.05) is 0 Å². The number of hydrogen-bond donors (Lipinski definition) is 0. The molecule has 0 saturated heterocycles. The second-order valence-corrected chi connectivity index (χ2v) is 7.47. The molecule has 1 aliphatic carbocycles. The molecule has 0 N–H and O–H groups in total. The van der Waals surface area contributed by atoms with E-state index in [1.54, 1.807) is 17.6 Å². The van der Waals surface area contributed by atoms with E-state index in [0.717, 1.165) is 40.6 Å². The molecule has 0 saturated carbocycles. The highest BCUT2D eigenvalue weighted by Crippen LogP contribution is 2.33. The fourth-order valence-electron chi connectivity index (χ4n) is 3.31. The predicted octanol–water partition coefficient (Wildman–Crippen LogP) is 3.84. The molecular formula is C19H19N3OS. The summed E-state index contributed by atoms with van der Waals surface area (Å²) in [6.45, 7) is 4.11. The van der Waals surface area contributed by atoms with Crippen molar-refractivity contribution in [3.8, 4) is 0 Å². The van der Waals surface area contributed by atoms with Gasteiger partial charge in [-0.1, -0.05) is 23.8 Å². The number of benzene rings is 1. The summed E-state index contributed by atoms with van der Waals surface area (Å²) in [6.07, 6.45) is 7.69. The Balaban J connectivity index is 1.78. The molecule has 0 bridgehead atoms. The molecule has 3 aromatic rings. The Labute approximate surface area is 144 Å². The summed E-state index contributed by atoms with van der Waals surface area (Å²) in [5.41, 5.74) is 4.53. The van der Waals surface area contributed by atoms with E-state index < -0.39 is 0 Å². The fraction of sp³-hybridized carbons (Fsp3) is 0.316. The van der Waals surface area contributed by atoms with Gasteiger partial charge in [-0.3, -0.25) is 4.79 Å². The van der Waals surface area contributed by atoms with Crippen molar-refractivity contribution in [1.29, 1.82) is 0 Å². The van der Waals surface area contributed by atoms with Crippen LogP contribution in [0.1, 0.15) is 40.0 Å². The second kappa shape index (κ2) is 5.98. The quantitative estimate of drug-likeness (QED) is 0.667. The molecule has 0 unspecified atom stereocenters. The second-order valence-electron chi connectivity index (χ2n) is 6.39. The Bertz CT molecular complexity index is 1010. The molecule has 0 atom stereocenters. The molecule has 2 heterocycles. The maximum Gasteiger partial charge on any atom is 0.282 e. The minimum Gasteiger partial charge on any atom is -0.267 e. The van der Waals surface area contributed by atoms with Gasteiger partial charge in [-0.2, -0.15) is 9.78 Å². The molecule has 1 aliphatic rings. The smallest absolute Gasteiger partial charge is 0.267 e. The lowest BCUT2D eigenvalue weighted by Crippen LogP contribution is -2.18. The maximum atomic E-state index is 12.8. The van der Waals surface area contributed by atoms with E-state index >= 15 is 0 Å². The summed E-state index contributed by atoms with van der Waals surface area (Å²) in [7, 11) is 0. The molecule has 4 nitrogen and oxygen atoms in total. The Morgan fingerprint density at radius 3 is 2.92 bits per heavy atom. The van der Waals surface area contributed by atoms with Gasteiger partial charge in [-0.05, 0) is 56.2 Å². The van der Waals surface area contributed by atoms with Crippen molar-refractivity contribution < 1.29 is 0 Å². The molecular weight excluding hydrogens is 318 g/mol. The largest absolute Gasteiger partial charge is 0.282 e. The zero-order valence-electron chi connectivity index (χ0n) is 13.9. The topological polar surface area (TPSA) is 47.2 Å². The summed E-state index contributed by atoms with van der Waals surface area (Å²) in [5, 5.41) is 5.14. The van der Waals surface area contributed by atoms with Crippen molar-refractivity contribution in [2.45, 2.75) is 39.5 Å². The first-order chi connectivity index (χ1) is 11.6. The zero-order chi connectivity index (χ0) is 16.7. The van der Waals surface area contributed by atoms with E-state index in [1.807, 2.05) is 19.1 Å². The zero-order valence-corrected chi connectivity index (χ0v) is 14.7. The monoisotopic (exact) mass is 337 g/mol. The number of rotatable bonds is 2. The molecule has 122 valence electrons. The lowest BCUT2D eigenvalue weighted by atomic mass is 9.97. The number of aromatic nitrogens is 2. The van der Waals surface area contributed by atoms with Crippen molar-refractivity contribution in [1.82, 2.24) is 9.66 Å². The van der Waals surface area contributed by atoms with E-state index in [9.17, 15) is 4.79 Å². The third-order valence-electron chi connectivity index (χ3n) is 4.61. The molecule has 2 aromatic heterocycles. The van der Waals surface area contributed by atoms with E-state index in [-0.39, 0.29) is 5.56 Å². The van der Waals surface area contributed by atoms with Crippen LogP contribution in [0, 0.1) is 13.8 Å². The van der Waals surface area contributed by atoms with Crippen LogP contribution in [0.5, 0.6) is 0 Å². The Morgan fingerprint density at radius 2 is 2.08 bits per heavy atom. The molecule has 1 aromatic carbocycles. The Morgan fingerprint density at radius 1 is 1.25 bits per heavy atom. The minimum absolute atomic E-state index is 0.0552. The van der Waals surface area contributed by atoms with Crippen LogP contribution in [-0.2, 0) is 12.8 Å². The molecule has 0 radical (unpaired) electrons. The fourth-order valence-corrected chi connectivity index (χ4v) is 4.53. The third kappa shape index (κ3) is 2.59. The molecule has 4 rings (SSSR count). The van der Waals surface area contributed by atoms with E-state index in [1.165, 1.54) is 33.4 Å². The number of thiophene rings is 1. The molecule has 5 heteroatoms. The summed E-state index contributed by atoms with van der Waals surface area (Å²) < 4.78 is 1.36. The molecule has 0 amide bonds. The highest BCUT2D eigenvalue weighted by molar-refractivity contribution is 7.18. The first-order valence-corrected chi connectivity index (χ1v) is 9.08. The van der Waals surface area contributed by atoms with E-state index in [4.69, 9.17) is 0 Å². The minimum atomic E-state index is -0.0552. The van der Waals surface area contributed by atoms with Gasteiger partial charge in [0.1, 0.15) is 11.2 Å². The van der Waals surface area contributed by atoms with Gasteiger partial charge in [0.2, 0.25) is 0 Å². The standard InChI is InChI=1S/C19H19N3OS/c1-12-7-8-14(13(2)9-12)10-21-22-11-20-18-17(19(22)23)15-5-3-4-6-16(15)24-18/h7-11H,3-6H2,1-2H3. The summed E-state index contributed by atoms with van der Waals surface area (Å²) in [5.74, 6) is 0. The van der Waals surface area contributed by atoms with Crippen LogP contribution >= 0.6 is 11.3 Å². The van der Waals surface area contributed by atoms with Crippen molar-refractivity contribution in [3.05, 3.63) is 62.0 Å². The van der Waals surface area contributed by atoms with Crippen LogP contribution in [0.3, 0.4) is 0 Å². The Kier molecular flexibility index (Phi) is 3.81. The number of aryl methyl sites for hydroxylation is 4. The van der Waals surface area contributed by atoms with Crippen molar-refractivity contribution >= 4 is 27.8 Å². The summed E-state index contributed by atoms with van der Waals surface area (Å²) in [4.78, 5) is 19.5. The van der Waals surface area contributed by atoms with Crippen LogP contribution < -0.4 is 5.56 Å². The summed E-state index contributed by atoms with van der Waals surface area (Å²) >= 11 is 1.66. The molecule has 0 fully saturated rings. The lowest BCUT2D eigenvalue weighted by Gasteiger charge is -2.09. The van der Waals surface area contributed by atoms with Gasteiger partial charge in [-0.15, -0.1) is 11.3 Å². The van der Waals surface area contributed by atoms with Gasteiger partial charge in [0.25, 0.3) is 5.56 Å². The average Bonchev–Trinajstić information content (AvgIpc) is 2.95. The van der Waals surface area contributed by atoms with Crippen LogP contribution in [0.15, 0.2) is 34.4 Å². The highest BCUT2D eigenvalue weighted by atomic mass is 32.1. The van der Waals surface area contributed by atoms with Gasteiger partial charge in [0, 0.05) is 4.88 Å². The van der Waals surface area contributed by atoms with Gasteiger partial charge in [0.15, 0.2) is 0 Å². The van der Waals surface area contributed by atoms with E-state index in [0.29, 0.717) is 0 Å². The first-order valence-electron chi connectivity index (χ1n) is 8.27.